The fourth-order valence-electron chi connectivity index (χ4n) is 2.88. The average Bonchev–Trinajstić information content (AvgIpc) is 2.37. The van der Waals surface area contributed by atoms with Gasteiger partial charge in [0.25, 0.3) is 0 Å². The maximum absolute atomic E-state index is 11.7. The quantitative estimate of drug-likeness (QED) is 0.730. The number of imide groups is 2. The highest BCUT2D eigenvalue weighted by atomic mass is 16.2. The molecule has 0 aromatic heterocycles. The molecule has 0 aromatic rings. The van der Waals surface area contributed by atoms with Crippen molar-refractivity contribution in [1.29, 1.82) is 0 Å². The molecule has 110 valence electrons. The molecule has 0 aliphatic carbocycles. The van der Waals surface area contributed by atoms with Gasteiger partial charge >= 0.3 is 0 Å². The maximum atomic E-state index is 11.7. The molecule has 2 N–H and O–H groups in total. The predicted octanol–water partition coefficient (Wildman–Crippen LogP) is 0.364. The van der Waals surface area contributed by atoms with Crippen LogP contribution in [0.15, 0.2) is 0 Å². The summed E-state index contributed by atoms with van der Waals surface area (Å²) in [5.41, 5.74) is 0. The molecule has 6 nitrogen and oxygen atoms in total. The lowest BCUT2D eigenvalue weighted by atomic mass is 9.81. The summed E-state index contributed by atoms with van der Waals surface area (Å²) in [4.78, 5) is 46.2. The van der Waals surface area contributed by atoms with Crippen molar-refractivity contribution in [3.63, 3.8) is 0 Å². The smallest absolute Gasteiger partial charge is 0.229 e. The minimum absolute atomic E-state index is 0.168. The van der Waals surface area contributed by atoms with Crippen molar-refractivity contribution in [3.05, 3.63) is 0 Å². The van der Waals surface area contributed by atoms with Crippen LogP contribution in [0.4, 0.5) is 0 Å². The monoisotopic (exact) mass is 280 g/mol. The number of rotatable bonds is 3. The molecule has 4 amide bonds. The second-order valence-electron chi connectivity index (χ2n) is 5.95. The lowest BCUT2D eigenvalue weighted by Gasteiger charge is -2.29. The number of hydrogen-bond donors (Lipinski definition) is 2. The largest absolute Gasteiger partial charge is 0.296 e. The van der Waals surface area contributed by atoms with E-state index < -0.39 is 0 Å². The number of nitrogens with one attached hydrogen (secondary N) is 2. The molecule has 4 atom stereocenters. The van der Waals surface area contributed by atoms with Crippen LogP contribution < -0.4 is 10.6 Å². The van der Waals surface area contributed by atoms with Crippen LogP contribution >= 0.6 is 0 Å². The third kappa shape index (κ3) is 3.05. The molecule has 2 saturated heterocycles. The van der Waals surface area contributed by atoms with E-state index in [4.69, 9.17) is 0 Å². The van der Waals surface area contributed by atoms with Crippen molar-refractivity contribution in [2.24, 2.45) is 23.7 Å². The SMILES string of the molecule is CC1CC(CCC2CC(C)C(=O)NC2=O)C(=O)NC1=O. The summed E-state index contributed by atoms with van der Waals surface area (Å²) in [5.74, 6) is -1.70. The van der Waals surface area contributed by atoms with Gasteiger partial charge < -0.3 is 0 Å². The van der Waals surface area contributed by atoms with Gasteiger partial charge in [-0.25, -0.2) is 0 Å². The van der Waals surface area contributed by atoms with Gasteiger partial charge in [0.1, 0.15) is 0 Å². The zero-order valence-electron chi connectivity index (χ0n) is 11.8. The second kappa shape index (κ2) is 5.73. The molecule has 0 saturated carbocycles. The van der Waals surface area contributed by atoms with Crippen LogP contribution in [0.3, 0.4) is 0 Å². The van der Waals surface area contributed by atoms with E-state index in [1.807, 2.05) is 0 Å². The Hall–Kier alpha value is -1.72. The highest BCUT2D eigenvalue weighted by Gasteiger charge is 2.35. The molecule has 0 aromatic carbocycles. The molecule has 2 fully saturated rings. The van der Waals surface area contributed by atoms with Crippen molar-refractivity contribution in [1.82, 2.24) is 10.6 Å². The Labute approximate surface area is 117 Å². The Balaban J connectivity index is 1.88. The van der Waals surface area contributed by atoms with Crippen LogP contribution in [0.5, 0.6) is 0 Å². The number of hydrogen-bond acceptors (Lipinski definition) is 4. The second-order valence-corrected chi connectivity index (χ2v) is 5.95. The van der Waals surface area contributed by atoms with E-state index >= 15 is 0 Å². The Morgan fingerprint density at radius 3 is 1.45 bits per heavy atom. The van der Waals surface area contributed by atoms with Gasteiger partial charge in [-0.15, -0.1) is 0 Å². The van der Waals surface area contributed by atoms with E-state index in [1.54, 1.807) is 13.8 Å². The van der Waals surface area contributed by atoms with Crippen molar-refractivity contribution in [2.75, 3.05) is 0 Å². The van der Waals surface area contributed by atoms with Crippen molar-refractivity contribution in [3.8, 4) is 0 Å². The molecule has 0 spiro atoms. The zero-order chi connectivity index (χ0) is 14.9. The van der Waals surface area contributed by atoms with Crippen LogP contribution in [0.2, 0.25) is 0 Å². The topological polar surface area (TPSA) is 92.3 Å². The molecule has 2 aliphatic heterocycles. The fraction of sp³-hybridized carbons (Fsp3) is 0.714. The first kappa shape index (κ1) is 14.7. The minimum Gasteiger partial charge on any atom is -0.296 e. The summed E-state index contributed by atoms with van der Waals surface area (Å²) in [6.07, 6.45) is 2.21. The molecule has 4 unspecified atom stereocenters. The van der Waals surface area contributed by atoms with Crippen LogP contribution in [0, 0.1) is 23.7 Å². The van der Waals surface area contributed by atoms with Gasteiger partial charge in [-0.1, -0.05) is 13.8 Å². The van der Waals surface area contributed by atoms with E-state index in [2.05, 4.69) is 10.6 Å². The van der Waals surface area contributed by atoms with Crippen LogP contribution in [0.25, 0.3) is 0 Å². The zero-order valence-corrected chi connectivity index (χ0v) is 11.8. The number of carbonyl (C=O) groups is 4. The summed E-state index contributed by atoms with van der Waals surface area (Å²) in [5, 5.41) is 4.72. The van der Waals surface area contributed by atoms with Gasteiger partial charge in [0.05, 0.1) is 0 Å². The van der Waals surface area contributed by atoms with E-state index in [1.165, 1.54) is 0 Å². The lowest BCUT2D eigenvalue weighted by molar-refractivity contribution is -0.142. The number of amides is 4. The van der Waals surface area contributed by atoms with Crippen LogP contribution in [-0.4, -0.2) is 23.6 Å². The van der Waals surface area contributed by atoms with E-state index in [9.17, 15) is 19.2 Å². The van der Waals surface area contributed by atoms with Gasteiger partial charge in [-0.3, -0.25) is 29.8 Å². The minimum atomic E-state index is -0.242. The molecule has 6 heteroatoms. The third-order valence-electron chi connectivity index (χ3n) is 4.27. The van der Waals surface area contributed by atoms with E-state index in [0.29, 0.717) is 25.7 Å². The third-order valence-corrected chi connectivity index (χ3v) is 4.27. The van der Waals surface area contributed by atoms with Crippen molar-refractivity contribution >= 4 is 23.6 Å². The molecule has 2 aliphatic rings. The van der Waals surface area contributed by atoms with Crippen molar-refractivity contribution < 1.29 is 19.2 Å². The molecule has 2 heterocycles. The van der Waals surface area contributed by atoms with E-state index in [0.717, 1.165) is 0 Å². The van der Waals surface area contributed by atoms with Crippen molar-refractivity contribution in [2.45, 2.75) is 39.5 Å². The molecule has 20 heavy (non-hydrogen) atoms. The standard InChI is InChI=1S/C14H20N2O4/c1-7-5-9(13(19)15-11(7)17)3-4-10-6-8(2)12(18)16-14(10)20/h7-10H,3-6H2,1-2H3,(H,15,17,19)(H,16,18,20). The fourth-order valence-corrected chi connectivity index (χ4v) is 2.88. The van der Waals surface area contributed by atoms with Gasteiger partial charge in [-0.05, 0) is 25.7 Å². The molecular formula is C14H20N2O4. The predicted molar refractivity (Wildman–Crippen MR) is 70.1 cm³/mol. The molecular weight excluding hydrogens is 260 g/mol. The van der Waals surface area contributed by atoms with Gasteiger partial charge in [0.15, 0.2) is 0 Å². The normalized spacial score (nSPS) is 34.7. The number of carbonyl (C=O) groups excluding carboxylic acids is 4. The Bertz CT molecular complexity index is 418. The lowest BCUT2D eigenvalue weighted by Crippen LogP contribution is -2.47. The number of piperidine rings is 2. The maximum Gasteiger partial charge on any atom is 0.229 e. The van der Waals surface area contributed by atoms with Gasteiger partial charge in [0.2, 0.25) is 23.6 Å². The van der Waals surface area contributed by atoms with Gasteiger partial charge in [-0.2, -0.15) is 0 Å². The molecule has 2 rings (SSSR count). The van der Waals surface area contributed by atoms with E-state index in [-0.39, 0.29) is 47.3 Å². The first-order valence-corrected chi connectivity index (χ1v) is 7.08. The summed E-state index contributed by atoms with van der Waals surface area (Å²) in [7, 11) is 0. The summed E-state index contributed by atoms with van der Waals surface area (Å²) in [6.45, 7) is 3.59. The first-order chi connectivity index (χ1) is 9.38. The Morgan fingerprint density at radius 1 is 0.750 bits per heavy atom. The van der Waals surface area contributed by atoms with Crippen LogP contribution in [-0.2, 0) is 19.2 Å². The highest BCUT2D eigenvalue weighted by molar-refractivity contribution is 6.00. The Morgan fingerprint density at radius 2 is 1.10 bits per heavy atom. The van der Waals surface area contributed by atoms with Crippen LogP contribution in [0.1, 0.15) is 39.5 Å². The highest BCUT2D eigenvalue weighted by Crippen LogP contribution is 2.28. The van der Waals surface area contributed by atoms with Gasteiger partial charge in [0, 0.05) is 23.7 Å². The summed E-state index contributed by atoms with van der Waals surface area (Å²) < 4.78 is 0. The average molecular weight is 280 g/mol. The molecule has 0 bridgehead atoms. The molecule has 0 radical (unpaired) electrons. The Kier molecular flexibility index (Phi) is 4.20. The first-order valence-electron chi connectivity index (χ1n) is 7.08. The summed E-state index contributed by atoms with van der Waals surface area (Å²) >= 11 is 0. The summed E-state index contributed by atoms with van der Waals surface area (Å²) in [6, 6.07) is 0.